The van der Waals surface area contributed by atoms with Crippen LogP contribution in [-0.2, 0) is 11.2 Å². The first-order valence-corrected chi connectivity index (χ1v) is 13.1. The fourth-order valence-corrected chi connectivity index (χ4v) is 5.45. The Kier molecular flexibility index (Phi) is 7.35. The highest BCUT2D eigenvalue weighted by Gasteiger charge is 2.14. The summed E-state index contributed by atoms with van der Waals surface area (Å²) in [4.78, 5) is 32.4. The predicted molar refractivity (Wildman–Crippen MR) is 153 cm³/mol. The zero-order valence-corrected chi connectivity index (χ0v) is 21.9. The number of aliphatic carboxylic acids is 1. The number of aryl methyl sites for hydroxylation is 2. The van der Waals surface area contributed by atoms with Gasteiger partial charge in [-0.05, 0) is 48.2 Å². The van der Waals surface area contributed by atoms with Crippen LogP contribution in [0.3, 0.4) is 0 Å². The number of nitrogens with one attached hydrogen (secondary N) is 2. The quantitative estimate of drug-likeness (QED) is 0.196. The molecule has 0 atom stereocenters. The van der Waals surface area contributed by atoms with E-state index < -0.39 is 5.97 Å². The lowest BCUT2D eigenvalue weighted by atomic mass is 10.0. The number of amides is 2. The minimum absolute atomic E-state index is 0.108. The van der Waals surface area contributed by atoms with Crippen molar-refractivity contribution < 1.29 is 14.7 Å². The molecule has 5 aromatic rings. The van der Waals surface area contributed by atoms with Crippen LogP contribution in [0.15, 0.2) is 78.4 Å². The number of halogens is 1. The van der Waals surface area contributed by atoms with Gasteiger partial charge in [0.2, 0.25) is 0 Å². The molecule has 5 rings (SSSR count). The number of hydrogen-bond acceptors (Lipinski definition) is 5. The summed E-state index contributed by atoms with van der Waals surface area (Å²) in [5, 5.41) is 17.1. The largest absolute Gasteiger partial charge is 0.481 e. The number of para-hydroxylation sites is 1. The number of carboxylic acid groups (broad SMARTS) is 1. The van der Waals surface area contributed by atoms with Gasteiger partial charge in [0.15, 0.2) is 0 Å². The second-order valence-electron chi connectivity index (χ2n) is 8.73. The van der Waals surface area contributed by atoms with Crippen LogP contribution in [0.5, 0.6) is 0 Å². The lowest BCUT2D eigenvalue weighted by Crippen LogP contribution is -2.20. The first-order chi connectivity index (χ1) is 18.4. The molecule has 0 fully saturated rings. The van der Waals surface area contributed by atoms with Gasteiger partial charge in [-0.2, -0.15) is 0 Å². The average Bonchev–Trinajstić information content (AvgIpc) is 3.35. The van der Waals surface area contributed by atoms with Crippen LogP contribution in [0.1, 0.15) is 17.5 Å². The maximum Gasteiger partial charge on any atom is 0.323 e. The number of carbonyl (C=O) groups is 2. The molecule has 0 aliphatic rings. The minimum Gasteiger partial charge on any atom is -0.481 e. The number of aromatic nitrogens is 2. The number of carbonyl (C=O) groups excluding carboxylic acids is 1. The van der Waals surface area contributed by atoms with Gasteiger partial charge in [0.05, 0.1) is 26.6 Å². The van der Waals surface area contributed by atoms with Crippen LogP contribution in [0.4, 0.5) is 16.2 Å². The minimum atomic E-state index is -0.804. The van der Waals surface area contributed by atoms with E-state index >= 15 is 0 Å². The highest BCUT2D eigenvalue weighted by atomic mass is 35.5. The molecule has 0 saturated heterocycles. The number of nitrogens with zero attached hydrogens (tertiary/aromatic N) is 2. The molecule has 3 aromatic carbocycles. The molecule has 0 spiro atoms. The zero-order valence-electron chi connectivity index (χ0n) is 20.4. The van der Waals surface area contributed by atoms with Gasteiger partial charge in [-0.25, -0.2) is 14.8 Å². The van der Waals surface area contributed by atoms with Crippen molar-refractivity contribution in [2.75, 3.05) is 10.6 Å². The van der Waals surface area contributed by atoms with Gasteiger partial charge in [0, 0.05) is 28.6 Å². The highest BCUT2D eigenvalue weighted by Crippen LogP contribution is 2.37. The Balaban J connectivity index is 1.33. The van der Waals surface area contributed by atoms with E-state index in [-0.39, 0.29) is 12.5 Å². The summed E-state index contributed by atoms with van der Waals surface area (Å²) in [7, 11) is 0. The summed E-state index contributed by atoms with van der Waals surface area (Å²) in [6, 6.07) is 20.4. The summed E-state index contributed by atoms with van der Waals surface area (Å²) >= 11 is 7.78. The fourth-order valence-electron chi connectivity index (χ4n) is 4.14. The maximum atomic E-state index is 12.5. The Hall–Kier alpha value is -4.27. The first-order valence-electron chi connectivity index (χ1n) is 11.9. The van der Waals surface area contributed by atoms with Crippen molar-refractivity contribution >= 4 is 56.5 Å². The van der Waals surface area contributed by atoms with Gasteiger partial charge in [0.25, 0.3) is 0 Å². The van der Waals surface area contributed by atoms with Gasteiger partial charge in [0.1, 0.15) is 6.33 Å². The van der Waals surface area contributed by atoms with Gasteiger partial charge >= 0.3 is 12.0 Å². The molecule has 7 nitrogen and oxygen atoms in total. The second-order valence-corrected chi connectivity index (χ2v) is 10.0. The van der Waals surface area contributed by atoms with Gasteiger partial charge in [-0.1, -0.05) is 60.1 Å². The third-order valence-electron chi connectivity index (χ3n) is 6.12. The third kappa shape index (κ3) is 5.51. The van der Waals surface area contributed by atoms with E-state index in [1.165, 1.54) is 0 Å². The third-order valence-corrected chi connectivity index (χ3v) is 7.41. The number of hydrogen-bond donors (Lipinski definition) is 3. The number of urea groups is 1. The summed E-state index contributed by atoms with van der Waals surface area (Å²) in [6.07, 6.45) is 2.16. The fraction of sp³-hybridized carbons (Fsp3) is 0.103. The predicted octanol–water partition coefficient (Wildman–Crippen LogP) is 7.65. The van der Waals surface area contributed by atoms with Crippen molar-refractivity contribution in [1.82, 2.24) is 9.97 Å². The standard InChI is InChI=1S/C29H23ClN4O3S/c1-17-3-2-4-23(30)25(17)34-29(37)33-21-12-10-20(11-13-21)26-28-27(32-16-31-26)22(15-38-28)19-8-5-18(6-9-19)7-14-24(35)36/h2-6,8-13,15-16H,7,14H2,1H3,(H,35,36)(H2,33,34,37). The summed E-state index contributed by atoms with van der Waals surface area (Å²) in [5.41, 5.74) is 7.66. The summed E-state index contributed by atoms with van der Waals surface area (Å²) in [6.45, 7) is 1.88. The monoisotopic (exact) mass is 542 g/mol. The smallest absolute Gasteiger partial charge is 0.323 e. The molecule has 0 radical (unpaired) electrons. The van der Waals surface area contributed by atoms with E-state index in [0.29, 0.717) is 22.8 Å². The molecule has 0 aliphatic carbocycles. The maximum absolute atomic E-state index is 12.5. The average molecular weight is 543 g/mol. The van der Waals surface area contributed by atoms with Gasteiger partial charge < -0.3 is 15.7 Å². The normalized spacial score (nSPS) is 10.9. The highest BCUT2D eigenvalue weighted by molar-refractivity contribution is 7.18. The molecule has 3 N–H and O–H groups in total. The van der Waals surface area contributed by atoms with Crippen LogP contribution in [0.25, 0.3) is 32.6 Å². The second kappa shape index (κ2) is 11.0. The van der Waals surface area contributed by atoms with E-state index in [1.54, 1.807) is 23.7 Å². The molecule has 0 unspecified atom stereocenters. The number of carboxylic acids is 1. The molecule has 0 aliphatic heterocycles. The lowest BCUT2D eigenvalue weighted by molar-refractivity contribution is -0.136. The topological polar surface area (TPSA) is 104 Å². The van der Waals surface area contributed by atoms with Gasteiger partial charge in [-0.3, -0.25) is 4.79 Å². The van der Waals surface area contributed by atoms with Crippen LogP contribution < -0.4 is 10.6 Å². The van der Waals surface area contributed by atoms with E-state index in [0.717, 1.165) is 43.7 Å². The molecule has 9 heteroatoms. The Morgan fingerprint density at radius 1 is 0.947 bits per heavy atom. The van der Waals surface area contributed by atoms with E-state index in [4.69, 9.17) is 16.7 Å². The Morgan fingerprint density at radius 3 is 2.39 bits per heavy atom. The van der Waals surface area contributed by atoms with Crippen molar-refractivity contribution in [3.63, 3.8) is 0 Å². The van der Waals surface area contributed by atoms with Crippen LogP contribution in [-0.4, -0.2) is 27.1 Å². The molecule has 0 saturated carbocycles. The number of anilines is 2. The van der Waals surface area contributed by atoms with Crippen molar-refractivity contribution in [3.8, 4) is 22.4 Å². The number of thiophene rings is 1. The molecule has 2 heterocycles. The Morgan fingerprint density at radius 2 is 1.68 bits per heavy atom. The van der Waals surface area contributed by atoms with Crippen LogP contribution in [0.2, 0.25) is 5.02 Å². The van der Waals surface area contributed by atoms with Crippen molar-refractivity contribution in [3.05, 3.63) is 94.6 Å². The van der Waals surface area contributed by atoms with E-state index in [1.807, 2.05) is 67.6 Å². The first kappa shape index (κ1) is 25.4. The van der Waals surface area contributed by atoms with Crippen molar-refractivity contribution in [1.29, 1.82) is 0 Å². The summed E-state index contributed by atoms with van der Waals surface area (Å²) < 4.78 is 0.963. The SMILES string of the molecule is Cc1cccc(Cl)c1NC(=O)Nc1ccc(-c2ncnc3c(-c4ccc(CCC(=O)O)cc4)csc23)cc1. The van der Waals surface area contributed by atoms with Crippen molar-refractivity contribution in [2.24, 2.45) is 0 Å². The lowest BCUT2D eigenvalue weighted by Gasteiger charge is -2.12. The van der Waals surface area contributed by atoms with Crippen LogP contribution in [0, 0.1) is 6.92 Å². The van der Waals surface area contributed by atoms with Crippen molar-refractivity contribution in [2.45, 2.75) is 19.8 Å². The molecular formula is C29H23ClN4O3S. The Labute approximate surface area is 228 Å². The van der Waals surface area contributed by atoms with E-state index in [2.05, 4.69) is 26.0 Å². The molecule has 0 bridgehead atoms. The Bertz CT molecular complexity index is 1610. The van der Waals surface area contributed by atoms with Gasteiger partial charge in [-0.15, -0.1) is 11.3 Å². The van der Waals surface area contributed by atoms with Crippen LogP contribution >= 0.6 is 22.9 Å². The number of benzene rings is 3. The molecule has 38 heavy (non-hydrogen) atoms. The molecule has 2 aromatic heterocycles. The zero-order chi connectivity index (χ0) is 26.6. The molecular weight excluding hydrogens is 520 g/mol. The summed E-state index contributed by atoms with van der Waals surface area (Å²) in [5.74, 6) is -0.804. The number of fused-ring (bicyclic) bond motifs is 1. The molecule has 2 amide bonds. The molecule has 190 valence electrons. The number of rotatable bonds is 7. The van der Waals surface area contributed by atoms with E-state index in [9.17, 15) is 9.59 Å².